The molecule has 0 saturated heterocycles. The molecule has 4 aromatic rings. The lowest BCUT2D eigenvalue weighted by molar-refractivity contribution is 0.102. The van der Waals surface area contributed by atoms with Gasteiger partial charge in [-0.05, 0) is 69.3 Å². The molecule has 30 heavy (non-hydrogen) atoms. The highest BCUT2D eigenvalue weighted by atomic mass is 16.5. The van der Waals surface area contributed by atoms with Gasteiger partial charge in [-0.2, -0.15) is 5.10 Å². The van der Waals surface area contributed by atoms with Crippen molar-refractivity contribution in [2.75, 3.05) is 5.32 Å². The third-order valence-corrected chi connectivity index (χ3v) is 4.47. The number of amides is 1. The lowest BCUT2D eigenvalue weighted by Gasteiger charge is -2.08. The summed E-state index contributed by atoms with van der Waals surface area (Å²) in [7, 11) is 0. The summed E-state index contributed by atoms with van der Waals surface area (Å²) in [5.74, 6) is 1.44. The Balaban J connectivity index is 1.41. The van der Waals surface area contributed by atoms with E-state index in [1.165, 1.54) is 0 Å². The van der Waals surface area contributed by atoms with Gasteiger partial charge in [0.15, 0.2) is 5.82 Å². The molecule has 2 aromatic heterocycles. The molecule has 1 N–H and O–H groups in total. The van der Waals surface area contributed by atoms with Crippen molar-refractivity contribution in [2.45, 2.75) is 20.8 Å². The van der Waals surface area contributed by atoms with E-state index in [-0.39, 0.29) is 5.91 Å². The number of hydrogen-bond acceptors (Lipinski definition) is 5. The van der Waals surface area contributed by atoms with Gasteiger partial charge < -0.3 is 10.1 Å². The van der Waals surface area contributed by atoms with Crippen LogP contribution in [0.1, 0.15) is 27.3 Å². The Morgan fingerprint density at radius 2 is 1.73 bits per heavy atom. The van der Waals surface area contributed by atoms with Gasteiger partial charge >= 0.3 is 0 Å². The first-order chi connectivity index (χ1) is 14.5. The van der Waals surface area contributed by atoms with Crippen molar-refractivity contribution in [3.8, 4) is 17.4 Å². The smallest absolute Gasteiger partial charge is 0.255 e. The summed E-state index contributed by atoms with van der Waals surface area (Å²) < 4.78 is 7.48. The molecule has 7 nitrogen and oxygen atoms in total. The minimum Gasteiger partial charge on any atom is -0.438 e. The van der Waals surface area contributed by atoms with Crippen molar-refractivity contribution in [3.63, 3.8) is 0 Å². The van der Waals surface area contributed by atoms with Crippen LogP contribution in [0.4, 0.5) is 5.69 Å². The standard InChI is InChI=1S/C23H21N5O2/c1-15-5-4-6-18(13-15)23(29)24-19-7-9-20(10-8-19)30-22-12-11-21(25-26-22)28-17(3)14-16(2)27-28/h4-14H,1-3H3,(H,24,29). The number of benzene rings is 2. The molecular weight excluding hydrogens is 378 g/mol. The maximum atomic E-state index is 12.3. The fourth-order valence-electron chi connectivity index (χ4n) is 3.06. The second-order valence-corrected chi connectivity index (χ2v) is 7.02. The summed E-state index contributed by atoms with van der Waals surface area (Å²) in [5.41, 5.74) is 4.24. The zero-order valence-corrected chi connectivity index (χ0v) is 17.0. The molecule has 0 aliphatic rings. The molecule has 0 atom stereocenters. The maximum Gasteiger partial charge on any atom is 0.255 e. The number of aryl methyl sites for hydroxylation is 3. The number of nitrogens with one attached hydrogen (secondary N) is 1. The molecule has 0 aliphatic heterocycles. The van der Waals surface area contributed by atoms with Crippen LogP contribution >= 0.6 is 0 Å². The first-order valence-electron chi connectivity index (χ1n) is 9.51. The van der Waals surface area contributed by atoms with Crippen LogP contribution in [-0.2, 0) is 0 Å². The Bertz CT molecular complexity index is 1180. The summed E-state index contributed by atoms with van der Waals surface area (Å²) in [5, 5.41) is 15.6. The Hall–Kier alpha value is -4.00. The topological polar surface area (TPSA) is 81.9 Å². The highest BCUT2D eigenvalue weighted by molar-refractivity contribution is 6.04. The van der Waals surface area contributed by atoms with Crippen molar-refractivity contribution in [1.29, 1.82) is 0 Å². The molecule has 4 rings (SSSR count). The number of carbonyl (C=O) groups excluding carboxylic acids is 1. The molecule has 0 radical (unpaired) electrons. The fourth-order valence-corrected chi connectivity index (χ4v) is 3.06. The molecule has 2 heterocycles. The summed E-state index contributed by atoms with van der Waals surface area (Å²) in [4.78, 5) is 12.3. The van der Waals surface area contributed by atoms with Crippen LogP contribution in [-0.4, -0.2) is 25.9 Å². The van der Waals surface area contributed by atoms with Gasteiger partial charge in [0.05, 0.1) is 5.69 Å². The molecular formula is C23H21N5O2. The molecule has 0 bridgehead atoms. The van der Waals surface area contributed by atoms with E-state index in [2.05, 4.69) is 20.6 Å². The Morgan fingerprint density at radius 1 is 0.933 bits per heavy atom. The number of ether oxygens (including phenoxy) is 1. The van der Waals surface area contributed by atoms with Gasteiger partial charge in [0.1, 0.15) is 5.75 Å². The molecule has 0 aliphatic carbocycles. The summed E-state index contributed by atoms with van der Waals surface area (Å²) >= 11 is 0. The fraction of sp³-hybridized carbons (Fsp3) is 0.130. The monoisotopic (exact) mass is 399 g/mol. The number of anilines is 1. The van der Waals surface area contributed by atoms with Crippen LogP contribution < -0.4 is 10.1 Å². The van der Waals surface area contributed by atoms with Crippen molar-refractivity contribution >= 4 is 11.6 Å². The van der Waals surface area contributed by atoms with E-state index in [1.807, 2.05) is 45.0 Å². The Kier molecular flexibility index (Phi) is 5.26. The summed E-state index contributed by atoms with van der Waals surface area (Å²) in [6.07, 6.45) is 0. The average Bonchev–Trinajstić information content (AvgIpc) is 3.08. The molecule has 2 aromatic carbocycles. The van der Waals surface area contributed by atoms with Gasteiger partial charge in [0, 0.05) is 23.0 Å². The van der Waals surface area contributed by atoms with E-state index < -0.39 is 0 Å². The van der Waals surface area contributed by atoms with Crippen LogP contribution in [0, 0.1) is 20.8 Å². The molecule has 7 heteroatoms. The van der Waals surface area contributed by atoms with Crippen molar-refractivity contribution in [2.24, 2.45) is 0 Å². The van der Waals surface area contributed by atoms with Gasteiger partial charge in [-0.15, -0.1) is 10.2 Å². The van der Waals surface area contributed by atoms with E-state index in [4.69, 9.17) is 4.74 Å². The number of aromatic nitrogens is 4. The van der Waals surface area contributed by atoms with Crippen LogP contribution in [0.5, 0.6) is 11.6 Å². The first-order valence-corrected chi connectivity index (χ1v) is 9.51. The SMILES string of the molecule is Cc1cccc(C(=O)Nc2ccc(Oc3ccc(-n4nc(C)cc4C)nn3)cc2)c1. The van der Waals surface area contributed by atoms with Crippen molar-refractivity contribution < 1.29 is 9.53 Å². The van der Waals surface area contributed by atoms with E-state index in [9.17, 15) is 4.79 Å². The van der Waals surface area contributed by atoms with Gasteiger partial charge in [-0.25, -0.2) is 4.68 Å². The lowest BCUT2D eigenvalue weighted by Crippen LogP contribution is -2.11. The minimum atomic E-state index is -0.155. The minimum absolute atomic E-state index is 0.155. The predicted molar refractivity (Wildman–Crippen MR) is 114 cm³/mol. The third-order valence-electron chi connectivity index (χ3n) is 4.47. The Morgan fingerprint density at radius 3 is 2.37 bits per heavy atom. The number of hydrogen-bond donors (Lipinski definition) is 1. The van der Waals surface area contributed by atoms with Gasteiger partial charge in [-0.3, -0.25) is 4.79 Å². The van der Waals surface area contributed by atoms with Gasteiger partial charge in [0.2, 0.25) is 5.88 Å². The van der Waals surface area contributed by atoms with Crippen molar-refractivity contribution in [3.05, 3.63) is 89.2 Å². The number of rotatable bonds is 5. The second-order valence-electron chi connectivity index (χ2n) is 7.02. The highest BCUT2D eigenvalue weighted by Gasteiger charge is 2.08. The van der Waals surface area contributed by atoms with Gasteiger partial charge in [-0.1, -0.05) is 17.7 Å². The van der Waals surface area contributed by atoms with E-state index in [0.29, 0.717) is 28.7 Å². The maximum absolute atomic E-state index is 12.3. The first kappa shape index (κ1) is 19.3. The van der Waals surface area contributed by atoms with E-state index in [0.717, 1.165) is 17.0 Å². The third kappa shape index (κ3) is 4.35. The number of carbonyl (C=O) groups is 1. The Labute approximate surface area is 174 Å². The van der Waals surface area contributed by atoms with Crippen LogP contribution in [0.3, 0.4) is 0 Å². The second kappa shape index (κ2) is 8.16. The van der Waals surface area contributed by atoms with Gasteiger partial charge in [0.25, 0.3) is 5.91 Å². The summed E-state index contributed by atoms with van der Waals surface area (Å²) in [6, 6.07) is 20.1. The van der Waals surface area contributed by atoms with Crippen LogP contribution in [0.15, 0.2) is 66.7 Å². The lowest BCUT2D eigenvalue weighted by atomic mass is 10.1. The largest absolute Gasteiger partial charge is 0.438 e. The van der Waals surface area contributed by atoms with Crippen molar-refractivity contribution in [1.82, 2.24) is 20.0 Å². The molecule has 0 spiro atoms. The van der Waals surface area contributed by atoms with Crippen LogP contribution in [0.25, 0.3) is 5.82 Å². The number of nitrogens with zero attached hydrogens (tertiary/aromatic N) is 4. The zero-order valence-electron chi connectivity index (χ0n) is 17.0. The quantitative estimate of drug-likeness (QED) is 0.529. The normalized spacial score (nSPS) is 10.6. The molecule has 150 valence electrons. The summed E-state index contributed by atoms with van der Waals surface area (Å²) in [6.45, 7) is 5.85. The van der Waals surface area contributed by atoms with E-state index in [1.54, 1.807) is 47.1 Å². The molecule has 1 amide bonds. The zero-order chi connectivity index (χ0) is 21.1. The molecule has 0 saturated carbocycles. The molecule has 0 unspecified atom stereocenters. The highest BCUT2D eigenvalue weighted by Crippen LogP contribution is 2.22. The molecule has 0 fully saturated rings. The van der Waals surface area contributed by atoms with E-state index >= 15 is 0 Å². The average molecular weight is 399 g/mol. The van der Waals surface area contributed by atoms with Crippen LogP contribution in [0.2, 0.25) is 0 Å². The predicted octanol–water partition coefficient (Wildman–Crippen LogP) is 4.63.